The van der Waals surface area contributed by atoms with Crippen molar-refractivity contribution in [3.63, 3.8) is 0 Å². The summed E-state index contributed by atoms with van der Waals surface area (Å²) < 4.78 is 163. The van der Waals surface area contributed by atoms with Crippen LogP contribution in [0.1, 0.15) is 0 Å². The minimum Gasteiger partial charge on any atom is -0.447 e. The Morgan fingerprint density at radius 1 is 0.893 bits per heavy atom. The largest absolute Gasteiger partial charge is 0.449 e. The second-order valence-corrected chi connectivity index (χ2v) is 5.77. The predicted octanol–water partition coefficient (Wildman–Crippen LogP) is 4.29. The molecule has 15 heteroatoms. The van der Waals surface area contributed by atoms with Gasteiger partial charge in [-0.2, -0.15) is 52.7 Å². The predicted molar refractivity (Wildman–Crippen MR) is 69.7 cm³/mol. The molecule has 0 radical (unpaired) electrons. The van der Waals surface area contributed by atoms with Crippen molar-refractivity contribution in [3.8, 4) is 0 Å². The van der Waals surface area contributed by atoms with Gasteiger partial charge in [0.15, 0.2) is 5.54 Å². The number of rotatable bonds is 3. The third-order valence-electron chi connectivity index (χ3n) is 3.79. The highest BCUT2D eigenvalue weighted by Crippen LogP contribution is 2.53. The van der Waals surface area contributed by atoms with Crippen molar-refractivity contribution in [3.05, 3.63) is 23.2 Å². The second-order valence-electron chi connectivity index (χ2n) is 5.77. The zero-order valence-electron chi connectivity index (χ0n) is 14.0. The Labute approximate surface area is 149 Å². The Morgan fingerprint density at radius 2 is 1.36 bits per heavy atom. The minimum absolute atomic E-state index is 0.224. The molecule has 164 valence electrons. The van der Waals surface area contributed by atoms with E-state index in [0.717, 1.165) is 0 Å². The highest BCUT2D eigenvalue weighted by molar-refractivity contribution is 5.45. The SMILES string of the molecule is CN[C@H](C1=C(C(F)(F)F)OC(C(F)(F)F)=C[C@]1(N(C)C)C(F)(F)F)C(F)(F)F. The van der Waals surface area contributed by atoms with Crippen LogP contribution in [0.4, 0.5) is 52.7 Å². The van der Waals surface area contributed by atoms with Crippen LogP contribution in [0.25, 0.3) is 0 Å². The van der Waals surface area contributed by atoms with Crippen molar-refractivity contribution in [2.75, 3.05) is 21.1 Å². The van der Waals surface area contributed by atoms with Gasteiger partial charge in [-0.1, -0.05) is 0 Å². The molecule has 1 aliphatic rings. The van der Waals surface area contributed by atoms with Crippen LogP contribution in [0.15, 0.2) is 23.2 Å². The summed E-state index contributed by atoms with van der Waals surface area (Å²) in [5, 5.41) is 1.25. The number of allylic oxidation sites excluding steroid dienone is 2. The van der Waals surface area contributed by atoms with Gasteiger partial charge in [0.25, 0.3) is 0 Å². The average Bonchev–Trinajstić information content (AvgIpc) is 2.42. The van der Waals surface area contributed by atoms with Gasteiger partial charge in [-0.3, -0.25) is 4.90 Å². The van der Waals surface area contributed by atoms with Gasteiger partial charge in [0.1, 0.15) is 6.04 Å². The Balaban J connectivity index is 4.16. The van der Waals surface area contributed by atoms with Gasteiger partial charge < -0.3 is 10.1 Å². The molecule has 0 bridgehead atoms. The fourth-order valence-corrected chi connectivity index (χ4v) is 2.67. The van der Waals surface area contributed by atoms with E-state index in [0.29, 0.717) is 21.1 Å². The molecular formula is C13H12F12N2O. The molecule has 1 heterocycles. The zero-order chi connectivity index (χ0) is 22.5. The Kier molecular flexibility index (Phi) is 6.10. The van der Waals surface area contributed by atoms with Crippen molar-refractivity contribution in [1.29, 1.82) is 0 Å². The molecule has 1 aliphatic heterocycles. The van der Waals surface area contributed by atoms with Gasteiger partial charge in [-0.25, -0.2) is 0 Å². The first kappa shape index (κ1) is 24.4. The minimum atomic E-state index is -6.10. The van der Waals surface area contributed by atoms with Crippen molar-refractivity contribution >= 4 is 0 Å². The normalized spacial score (nSPS) is 23.6. The lowest BCUT2D eigenvalue weighted by Gasteiger charge is -2.46. The lowest BCUT2D eigenvalue weighted by Crippen LogP contribution is -2.64. The van der Waals surface area contributed by atoms with Crippen molar-refractivity contribution in [2.24, 2.45) is 0 Å². The van der Waals surface area contributed by atoms with Gasteiger partial charge in [0.05, 0.1) is 0 Å². The summed E-state index contributed by atoms with van der Waals surface area (Å²) in [7, 11) is 1.18. The van der Waals surface area contributed by atoms with E-state index >= 15 is 0 Å². The second kappa shape index (κ2) is 7.00. The molecule has 3 nitrogen and oxygen atoms in total. The molecule has 0 amide bonds. The van der Waals surface area contributed by atoms with Crippen LogP contribution in [0.3, 0.4) is 0 Å². The number of halogens is 12. The molecule has 0 fully saturated rings. The van der Waals surface area contributed by atoms with Crippen LogP contribution in [-0.2, 0) is 4.74 Å². The van der Waals surface area contributed by atoms with Crippen LogP contribution < -0.4 is 5.32 Å². The molecule has 0 saturated carbocycles. The van der Waals surface area contributed by atoms with Crippen molar-refractivity contribution in [2.45, 2.75) is 36.3 Å². The summed E-state index contributed by atoms with van der Waals surface area (Å²) in [5.41, 5.74) is -6.94. The molecule has 0 aliphatic carbocycles. The van der Waals surface area contributed by atoms with E-state index in [-0.39, 0.29) is 4.90 Å². The van der Waals surface area contributed by atoms with E-state index < -0.39 is 59.5 Å². The van der Waals surface area contributed by atoms with E-state index in [2.05, 4.69) is 4.74 Å². The maximum atomic E-state index is 13.8. The molecule has 1 rings (SSSR count). The Hall–Kier alpha value is -1.64. The van der Waals surface area contributed by atoms with Crippen molar-refractivity contribution in [1.82, 2.24) is 10.2 Å². The Morgan fingerprint density at radius 3 is 1.61 bits per heavy atom. The first-order valence-corrected chi connectivity index (χ1v) is 6.99. The quantitative estimate of drug-likeness (QED) is 0.663. The molecule has 0 saturated heterocycles. The highest BCUT2D eigenvalue weighted by Gasteiger charge is 2.68. The van der Waals surface area contributed by atoms with Crippen LogP contribution in [-0.4, -0.2) is 62.3 Å². The molecular weight excluding hydrogens is 428 g/mol. The molecule has 28 heavy (non-hydrogen) atoms. The third kappa shape index (κ3) is 4.18. The first-order chi connectivity index (χ1) is 12.2. The number of hydrogen-bond acceptors (Lipinski definition) is 3. The van der Waals surface area contributed by atoms with E-state index in [4.69, 9.17) is 0 Å². The van der Waals surface area contributed by atoms with E-state index in [1.807, 2.05) is 0 Å². The summed E-state index contributed by atoms with van der Waals surface area (Å²) >= 11 is 0. The number of ether oxygens (including phenoxy) is 1. The number of alkyl halides is 12. The molecule has 1 N–H and O–H groups in total. The lowest BCUT2D eigenvalue weighted by atomic mass is 9.79. The third-order valence-corrected chi connectivity index (χ3v) is 3.79. The monoisotopic (exact) mass is 440 g/mol. The van der Waals surface area contributed by atoms with E-state index in [9.17, 15) is 52.7 Å². The number of likely N-dealkylation sites (N-methyl/N-ethyl adjacent to an activating group) is 2. The van der Waals surface area contributed by atoms with E-state index in [1.165, 1.54) is 5.32 Å². The molecule has 2 atom stereocenters. The van der Waals surface area contributed by atoms with E-state index in [1.54, 1.807) is 0 Å². The van der Waals surface area contributed by atoms with Crippen LogP contribution in [0.2, 0.25) is 0 Å². The molecule has 0 spiro atoms. The standard InChI is InChI=1S/C13H12F12N2O/c1-26-7(11(17,18)19)6-8(12(20,21)22)28-5(10(14,15)16)4-9(6,27(2)3)13(23,24)25/h4,7,26H,1-3H3/t7-,9-/m1/s1. The van der Waals surface area contributed by atoms with Crippen LogP contribution >= 0.6 is 0 Å². The van der Waals surface area contributed by atoms with Gasteiger partial charge in [-0.05, 0) is 27.2 Å². The zero-order valence-corrected chi connectivity index (χ0v) is 14.0. The van der Waals surface area contributed by atoms with Crippen molar-refractivity contribution < 1.29 is 57.4 Å². The topological polar surface area (TPSA) is 24.5 Å². The van der Waals surface area contributed by atoms with Gasteiger partial charge in [0.2, 0.25) is 11.5 Å². The number of nitrogens with one attached hydrogen (secondary N) is 1. The summed E-state index contributed by atoms with van der Waals surface area (Å²) in [6.45, 7) is 0. The molecule has 0 aromatic carbocycles. The highest BCUT2D eigenvalue weighted by atomic mass is 19.4. The summed E-state index contributed by atoms with van der Waals surface area (Å²) in [6, 6.07) is -3.63. The molecule has 0 unspecified atom stereocenters. The van der Waals surface area contributed by atoms with Crippen LogP contribution in [0, 0.1) is 0 Å². The number of nitrogens with zero attached hydrogens (tertiary/aromatic N) is 1. The maximum absolute atomic E-state index is 13.8. The summed E-state index contributed by atoms with van der Waals surface area (Å²) in [5.74, 6) is -5.79. The number of hydrogen-bond donors (Lipinski definition) is 1. The molecule has 0 aromatic rings. The fourth-order valence-electron chi connectivity index (χ4n) is 2.67. The smallest absolute Gasteiger partial charge is 0.447 e. The Bertz CT molecular complexity index is 652. The van der Waals surface area contributed by atoms with Gasteiger partial charge in [0, 0.05) is 5.57 Å². The lowest BCUT2D eigenvalue weighted by molar-refractivity contribution is -0.218. The first-order valence-electron chi connectivity index (χ1n) is 6.99. The van der Waals surface area contributed by atoms with Gasteiger partial charge in [-0.15, -0.1) is 0 Å². The van der Waals surface area contributed by atoms with Gasteiger partial charge >= 0.3 is 24.7 Å². The summed E-state index contributed by atoms with van der Waals surface area (Å²) in [4.78, 5) is -0.224. The molecule has 0 aromatic heterocycles. The summed E-state index contributed by atoms with van der Waals surface area (Å²) in [6.07, 6.45) is -24.6. The maximum Gasteiger partial charge on any atom is 0.449 e. The fraction of sp³-hybridized carbons (Fsp3) is 0.692. The van der Waals surface area contributed by atoms with Crippen LogP contribution in [0.5, 0.6) is 0 Å². The average molecular weight is 440 g/mol.